The van der Waals surface area contributed by atoms with Crippen LogP contribution in [0.15, 0.2) is 66.7 Å². The number of aromatic carboxylic acids is 1. The van der Waals surface area contributed by atoms with E-state index in [1.54, 1.807) is 18.2 Å². The summed E-state index contributed by atoms with van der Waals surface area (Å²) in [5.41, 5.74) is 0.546. The molecule has 1 atom stereocenters. The van der Waals surface area contributed by atoms with Crippen LogP contribution in [0, 0.1) is 0 Å². The highest BCUT2D eigenvalue weighted by atomic mass is 31.2. The van der Waals surface area contributed by atoms with E-state index in [9.17, 15) is 19.4 Å². The first-order chi connectivity index (χ1) is 11.9. The van der Waals surface area contributed by atoms with Gasteiger partial charge in [0.1, 0.15) is 5.75 Å². The molecule has 3 aromatic carbocycles. The molecule has 1 unspecified atom stereocenters. The van der Waals surface area contributed by atoms with E-state index in [2.05, 4.69) is 0 Å². The lowest BCUT2D eigenvalue weighted by atomic mass is 10.1. The summed E-state index contributed by atoms with van der Waals surface area (Å²) in [4.78, 5) is 20.5. The standard InChI is InChI=1S/C18H15O6P/c19-18(20)15-7-5-13(6-8-15)12-23-25(21,22)24-17-10-9-14-3-1-2-4-16(14)11-17/h1-11H,12H2,(H,19,20)(H,21,22)/p-1. The zero-order chi connectivity index (χ0) is 17.9. The molecule has 0 saturated heterocycles. The number of phosphoric acid groups is 1. The highest BCUT2D eigenvalue weighted by Gasteiger charge is 2.23. The molecule has 6 nitrogen and oxygen atoms in total. The van der Waals surface area contributed by atoms with Crippen molar-refractivity contribution < 1.29 is 28.4 Å². The Morgan fingerprint density at radius 1 is 1.00 bits per heavy atom. The van der Waals surface area contributed by atoms with Gasteiger partial charge >= 0.3 is 7.82 Å². The maximum absolute atomic E-state index is 12.1. The SMILES string of the molecule is O=C([O-])c1ccc(COP(=O)(O)Oc2ccc3ccccc3c2)cc1. The van der Waals surface area contributed by atoms with Crippen molar-refractivity contribution in [1.82, 2.24) is 0 Å². The molecule has 0 amide bonds. The van der Waals surface area contributed by atoms with Gasteiger partial charge in [0.05, 0.1) is 12.6 Å². The Labute approximate surface area is 143 Å². The van der Waals surface area contributed by atoms with Crippen LogP contribution in [0.1, 0.15) is 15.9 Å². The van der Waals surface area contributed by atoms with Gasteiger partial charge in [-0.15, -0.1) is 0 Å². The van der Waals surface area contributed by atoms with Crippen molar-refractivity contribution in [2.45, 2.75) is 6.61 Å². The van der Waals surface area contributed by atoms with Crippen LogP contribution in [0.4, 0.5) is 0 Å². The molecular weight excluding hydrogens is 343 g/mol. The Bertz CT molecular complexity index is 951. The van der Waals surface area contributed by atoms with Crippen LogP contribution in [0.25, 0.3) is 10.8 Å². The van der Waals surface area contributed by atoms with Crippen molar-refractivity contribution in [2.24, 2.45) is 0 Å². The predicted octanol–water partition coefficient (Wildman–Crippen LogP) is 2.90. The summed E-state index contributed by atoms with van der Waals surface area (Å²) in [6.07, 6.45) is 0. The van der Waals surface area contributed by atoms with Gasteiger partial charge in [-0.2, -0.15) is 0 Å². The number of hydrogen-bond donors (Lipinski definition) is 1. The van der Waals surface area contributed by atoms with Gasteiger partial charge in [-0.05, 0) is 34.0 Å². The van der Waals surface area contributed by atoms with Crippen LogP contribution in [0.2, 0.25) is 0 Å². The summed E-state index contributed by atoms with van der Waals surface area (Å²) in [6.45, 7) is -0.200. The maximum Gasteiger partial charge on any atom is 0.527 e. The average Bonchev–Trinajstić information content (AvgIpc) is 2.60. The molecule has 0 fully saturated rings. The Morgan fingerprint density at radius 2 is 1.68 bits per heavy atom. The van der Waals surface area contributed by atoms with Crippen LogP contribution < -0.4 is 9.63 Å². The second kappa shape index (κ2) is 7.07. The molecule has 0 aliphatic carbocycles. The molecule has 0 saturated carbocycles. The topological polar surface area (TPSA) is 95.9 Å². The molecule has 0 bridgehead atoms. The molecule has 3 aromatic rings. The molecule has 0 heterocycles. The number of phosphoric ester groups is 1. The van der Waals surface area contributed by atoms with Crippen molar-refractivity contribution in [3.8, 4) is 5.75 Å². The number of carboxylic acid groups (broad SMARTS) is 1. The molecule has 25 heavy (non-hydrogen) atoms. The van der Waals surface area contributed by atoms with Crippen LogP contribution in [-0.4, -0.2) is 10.9 Å². The van der Waals surface area contributed by atoms with E-state index in [1.807, 2.05) is 24.3 Å². The fourth-order valence-electron chi connectivity index (χ4n) is 2.28. The van der Waals surface area contributed by atoms with Crippen LogP contribution in [-0.2, 0) is 15.7 Å². The second-order valence-corrected chi connectivity index (χ2v) is 6.70. The van der Waals surface area contributed by atoms with Crippen molar-refractivity contribution in [3.63, 3.8) is 0 Å². The smallest absolute Gasteiger partial charge is 0.527 e. The minimum absolute atomic E-state index is 0.0170. The van der Waals surface area contributed by atoms with Gasteiger partial charge in [0.2, 0.25) is 0 Å². The molecule has 0 aliphatic heterocycles. The fraction of sp³-hybridized carbons (Fsp3) is 0.0556. The highest BCUT2D eigenvalue weighted by molar-refractivity contribution is 7.47. The minimum Gasteiger partial charge on any atom is -0.545 e. The minimum atomic E-state index is -4.32. The first kappa shape index (κ1) is 17.2. The third kappa shape index (κ3) is 4.45. The van der Waals surface area contributed by atoms with E-state index in [0.717, 1.165) is 10.8 Å². The van der Waals surface area contributed by atoms with E-state index in [-0.39, 0.29) is 17.9 Å². The van der Waals surface area contributed by atoms with E-state index in [1.165, 1.54) is 24.3 Å². The van der Waals surface area contributed by atoms with Gasteiger partial charge in [0.25, 0.3) is 0 Å². The monoisotopic (exact) mass is 357 g/mol. The third-order valence-electron chi connectivity index (χ3n) is 3.53. The Balaban J connectivity index is 1.66. The third-order valence-corrected chi connectivity index (χ3v) is 4.42. The summed E-state index contributed by atoms with van der Waals surface area (Å²) < 4.78 is 22.1. The predicted molar refractivity (Wildman–Crippen MR) is 90.0 cm³/mol. The van der Waals surface area contributed by atoms with Gasteiger partial charge in [0, 0.05) is 0 Å². The molecule has 3 rings (SSSR count). The summed E-state index contributed by atoms with van der Waals surface area (Å²) in [7, 11) is -4.32. The quantitative estimate of drug-likeness (QED) is 0.682. The molecule has 0 radical (unpaired) electrons. The van der Waals surface area contributed by atoms with E-state index in [0.29, 0.717) is 5.56 Å². The van der Waals surface area contributed by atoms with Crippen LogP contribution in [0.5, 0.6) is 5.75 Å². The zero-order valence-corrected chi connectivity index (χ0v) is 13.9. The average molecular weight is 357 g/mol. The summed E-state index contributed by atoms with van der Waals surface area (Å²) >= 11 is 0. The molecule has 7 heteroatoms. The van der Waals surface area contributed by atoms with Crippen LogP contribution >= 0.6 is 7.82 Å². The number of benzene rings is 3. The Kier molecular flexibility index (Phi) is 4.86. The Hall–Kier alpha value is -2.66. The van der Waals surface area contributed by atoms with Crippen LogP contribution in [0.3, 0.4) is 0 Å². The molecule has 1 N–H and O–H groups in total. The summed E-state index contributed by atoms with van der Waals surface area (Å²) in [5.74, 6) is -1.07. The lowest BCUT2D eigenvalue weighted by Gasteiger charge is -2.14. The van der Waals surface area contributed by atoms with Crippen molar-refractivity contribution in [2.75, 3.05) is 0 Å². The summed E-state index contributed by atoms with van der Waals surface area (Å²) in [6, 6.07) is 18.2. The number of rotatable bonds is 6. The Morgan fingerprint density at radius 3 is 2.36 bits per heavy atom. The largest absolute Gasteiger partial charge is 0.545 e. The van der Waals surface area contributed by atoms with E-state index >= 15 is 0 Å². The fourth-order valence-corrected chi connectivity index (χ4v) is 3.02. The lowest BCUT2D eigenvalue weighted by Crippen LogP contribution is -2.22. The first-order valence-electron chi connectivity index (χ1n) is 7.39. The number of carbonyl (C=O) groups excluding carboxylic acids is 1. The van der Waals surface area contributed by atoms with Gasteiger partial charge in [0.15, 0.2) is 0 Å². The van der Waals surface area contributed by atoms with Gasteiger partial charge in [-0.3, -0.25) is 9.42 Å². The summed E-state index contributed by atoms with van der Waals surface area (Å²) in [5, 5.41) is 12.5. The first-order valence-corrected chi connectivity index (χ1v) is 8.88. The molecule has 128 valence electrons. The molecule has 0 aromatic heterocycles. The number of fused-ring (bicyclic) bond motifs is 1. The highest BCUT2D eigenvalue weighted by Crippen LogP contribution is 2.45. The number of carboxylic acids is 1. The second-order valence-electron chi connectivity index (χ2n) is 5.33. The van der Waals surface area contributed by atoms with E-state index < -0.39 is 13.8 Å². The van der Waals surface area contributed by atoms with Crippen molar-refractivity contribution >= 4 is 24.6 Å². The zero-order valence-electron chi connectivity index (χ0n) is 13.0. The maximum atomic E-state index is 12.1. The molecule has 0 aliphatic rings. The molecular formula is C18H14O6P-. The lowest BCUT2D eigenvalue weighted by molar-refractivity contribution is -0.255. The number of carbonyl (C=O) groups is 1. The van der Waals surface area contributed by atoms with Gasteiger partial charge in [-0.1, -0.05) is 54.6 Å². The van der Waals surface area contributed by atoms with E-state index in [4.69, 9.17) is 9.05 Å². The van der Waals surface area contributed by atoms with Crippen molar-refractivity contribution in [3.05, 3.63) is 77.9 Å². The molecule has 0 spiro atoms. The van der Waals surface area contributed by atoms with Gasteiger partial charge < -0.3 is 14.4 Å². The van der Waals surface area contributed by atoms with Gasteiger partial charge in [-0.25, -0.2) is 4.57 Å². The van der Waals surface area contributed by atoms with Crippen molar-refractivity contribution in [1.29, 1.82) is 0 Å². The normalized spacial score (nSPS) is 13.3. The number of hydrogen-bond acceptors (Lipinski definition) is 5.